The fourth-order valence-corrected chi connectivity index (χ4v) is 1.52. The second-order valence-electron chi connectivity index (χ2n) is 3.87. The average molecular weight is 249 g/mol. The fourth-order valence-electron chi connectivity index (χ4n) is 1.52. The number of nitrogens with two attached hydrogens (primary N) is 1. The number of rotatable bonds is 3. The Morgan fingerprint density at radius 2 is 2.06 bits per heavy atom. The lowest BCUT2D eigenvalue weighted by Gasteiger charge is -2.20. The first-order chi connectivity index (χ1) is 7.75. The summed E-state index contributed by atoms with van der Waals surface area (Å²) in [6.45, 7) is 2.07. The molecule has 0 aromatic carbocycles. The minimum absolute atomic E-state index is 0.262. The highest BCUT2D eigenvalue weighted by Gasteiger charge is 2.39. The third kappa shape index (κ3) is 3.29. The summed E-state index contributed by atoms with van der Waals surface area (Å²) in [7, 11) is 0. The van der Waals surface area contributed by atoms with Crippen molar-refractivity contribution in [2.24, 2.45) is 11.7 Å². The van der Waals surface area contributed by atoms with Crippen molar-refractivity contribution in [1.82, 2.24) is 9.55 Å². The third-order valence-corrected chi connectivity index (χ3v) is 2.48. The first-order valence-corrected chi connectivity index (χ1v) is 5.07. The number of alkyl halides is 3. The van der Waals surface area contributed by atoms with Crippen molar-refractivity contribution in [1.29, 1.82) is 0 Å². The molecule has 1 aromatic rings. The molecule has 1 heterocycles. The van der Waals surface area contributed by atoms with E-state index in [9.17, 15) is 18.0 Å². The van der Waals surface area contributed by atoms with Gasteiger partial charge in [0.15, 0.2) is 0 Å². The van der Waals surface area contributed by atoms with E-state index in [4.69, 9.17) is 5.73 Å². The van der Waals surface area contributed by atoms with Gasteiger partial charge in [-0.1, -0.05) is 0 Å². The van der Waals surface area contributed by atoms with Crippen LogP contribution in [0.15, 0.2) is 10.9 Å². The van der Waals surface area contributed by atoms with E-state index in [1.54, 1.807) is 6.92 Å². The zero-order valence-electron chi connectivity index (χ0n) is 9.58. The second-order valence-corrected chi connectivity index (χ2v) is 3.87. The van der Waals surface area contributed by atoms with Crippen molar-refractivity contribution >= 4 is 0 Å². The molecule has 2 N–H and O–H groups in total. The fraction of sp³-hybridized carbons (Fsp3) is 0.600. The highest BCUT2D eigenvalue weighted by atomic mass is 19.4. The number of hydrogen-bond acceptors (Lipinski definition) is 3. The normalized spacial score (nSPS) is 13.8. The molecule has 1 atom stereocenters. The quantitative estimate of drug-likeness (QED) is 0.869. The van der Waals surface area contributed by atoms with E-state index >= 15 is 0 Å². The SMILES string of the molecule is Cc1cc(=O)n(CC(CN)C(F)(F)F)c(C)n1. The summed E-state index contributed by atoms with van der Waals surface area (Å²) >= 11 is 0. The van der Waals surface area contributed by atoms with Gasteiger partial charge in [-0.15, -0.1) is 0 Å². The number of aromatic nitrogens is 2. The summed E-state index contributed by atoms with van der Waals surface area (Å²) in [5.74, 6) is -1.47. The molecule has 0 fully saturated rings. The highest BCUT2D eigenvalue weighted by Crippen LogP contribution is 2.26. The minimum atomic E-state index is -4.41. The van der Waals surface area contributed by atoms with Crippen LogP contribution in [-0.2, 0) is 6.54 Å². The van der Waals surface area contributed by atoms with E-state index < -0.39 is 30.7 Å². The van der Waals surface area contributed by atoms with Gasteiger partial charge >= 0.3 is 6.18 Å². The Morgan fingerprint density at radius 3 is 2.47 bits per heavy atom. The Balaban J connectivity index is 3.07. The zero-order chi connectivity index (χ0) is 13.2. The summed E-state index contributed by atoms with van der Waals surface area (Å²) in [5, 5.41) is 0. The Kier molecular flexibility index (Phi) is 3.92. The van der Waals surface area contributed by atoms with E-state index in [1.807, 2.05) is 0 Å². The molecule has 0 radical (unpaired) electrons. The number of halogens is 3. The van der Waals surface area contributed by atoms with Crippen molar-refractivity contribution in [3.8, 4) is 0 Å². The van der Waals surface area contributed by atoms with Gasteiger partial charge in [-0.05, 0) is 13.8 Å². The maximum atomic E-state index is 12.5. The molecule has 7 heteroatoms. The lowest BCUT2D eigenvalue weighted by atomic mass is 10.1. The molecule has 17 heavy (non-hydrogen) atoms. The number of aryl methyl sites for hydroxylation is 2. The van der Waals surface area contributed by atoms with Crippen LogP contribution >= 0.6 is 0 Å². The van der Waals surface area contributed by atoms with Gasteiger partial charge in [0.2, 0.25) is 0 Å². The summed E-state index contributed by atoms with van der Waals surface area (Å²) < 4.78 is 38.6. The standard InChI is InChI=1S/C10H14F3N3O/c1-6-3-9(17)16(7(2)15-6)5-8(4-14)10(11,12)13/h3,8H,4-5,14H2,1-2H3. The van der Waals surface area contributed by atoms with Gasteiger partial charge in [0.25, 0.3) is 5.56 Å². The molecule has 1 unspecified atom stereocenters. The number of hydrogen-bond donors (Lipinski definition) is 1. The summed E-state index contributed by atoms with van der Waals surface area (Å²) in [6.07, 6.45) is -4.41. The maximum Gasteiger partial charge on any atom is 0.394 e. The zero-order valence-corrected chi connectivity index (χ0v) is 9.58. The maximum absolute atomic E-state index is 12.5. The van der Waals surface area contributed by atoms with Crippen molar-refractivity contribution in [2.45, 2.75) is 26.6 Å². The average Bonchev–Trinajstić information content (AvgIpc) is 2.14. The first-order valence-electron chi connectivity index (χ1n) is 5.07. The van der Waals surface area contributed by atoms with Crippen molar-refractivity contribution in [3.63, 3.8) is 0 Å². The Labute approximate surface area is 96.3 Å². The molecule has 96 valence electrons. The molecule has 1 rings (SSSR count). The molecule has 0 aliphatic rings. The Hall–Kier alpha value is -1.37. The van der Waals surface area contributed by atoms with E-state index in [0.29, 0.717) is 5.69 Å². The largest absolute Gasteiger partial charge is 0.394 e. The Bertz CT molecular complexity index is 453. The molecule has 0 saturated heterocycles. The molecule has 0 saturated carbocycles. The van der Waals surface area contributed by atoms with Gasteiger partial charge < -0.3 is 5.73 Å². The van der Waals surface area contributed by atoms with Gasteiger partial charge in [0, 0.05) is 24.8 Å². The van der Waals surface area contributed by atoms with Crippen LogP contribution in [-0.4, -0.2) is 22.3 Å². The van der Waals surface area contributed by atoms with E-state index in [-0.39, 0.29) is 5.82 Å². The number of nitrogens with zero attached hydrogens (tertiary/aromatic N) is 2. The van der Waals surface area contributed by atoms with E-state index in [0.717, 1.165) is 4.57 Å². The van der Waals surface area contributed by atoms with Crippen LogP contribution < -0.4 is 11.3 Å². The van der Waals surface area contributed by atoms with Crippen LogP contribution in [0.2, 0.25) is 0 Å². The Morgan fingerprint density at radius 1 is 1.47 bits per heavy atom. The summed E-state index contributed by atoms with van der Waals surface area (Å²) in [4.78, 5) is 15.5. The molecule has 0 spiro atoms. The predicted octanol–water partition coefficient (Wildman–Crippen LogP) is 0.997. The van der Waals surface area contributed by atoms with Crippen molar-refractivity contribution in [3.05, 3.63) is 27.9 Å². The molecule has 0 aliphatic carbocycles. The van der Waals surface area contributed by atoms with Crippen LogP contribution in [0.25, 0.3) is 0 Å². The molecule has 0 amide bonds. The monoisotopic (exact) mass is 249 g/mol. The van der Waals surface area contributed by atoms with E-state index in [1.165, 1.54) is 13.0 Å². The van der Waals surface area contributed by atoms with Crippen LogP contribution in [0.5, 0.6) is 0 Å². The smallest absolute Gasteiger partial charge is 0.330 e. The highest BCUT2D eigenvalue weighted by molar-refractivity contribution is 5.01. The van der Waals surface area contributed by atoms with Crippen molar-refractivity contribution < 1.29 is 13.2 Å². The van der Waals surface area contributed by atoms with Crippen LogP contribution in [0.1, 0.15) is 11.5 Å². The second kappa shape index (κ2) is 4.87. The van der Waals surface area contributed by atoms with Gasteiger partial charge in [0.05, 0.1) is 5.92 Å². The molecule has 4 nitrogen and oxygen atoms in total. The van der Waals surface area contributed by atoms with Crippen LogP contribution in [0, 0.1) is 19.8 Å². The van der Waals surface area contributed by atoms with Crippen molar-refractivity contribution in [2.75, 3.05) is 6.54 Å². The van der Waals surface area contributed by atoms with Gasteiger partial charge in [-0.3, -0.25) is 9.36 Å². The lowest BCUT2D eigenvalue weighted by Crippen LogP contribution is -2.37. The summed E-state index contributed by atoms with van der Waals surface area (Å²) in [6, 6.07) is 1.21. The minimum Gasteiger partial charge on any atom is -0.330 e. The topological polar surface area (TPSA) is 60.9 Å². The van der Waals surface area contributed by atoms with Crippen LogP contribution in [0.4, 0.5) is 13.2 Å². The molecular weight excluding hydrogens is 235 g/mol. The van der Waals surface area contributed by atoms with E-state index in [2.05, 4.69) is 4.98 Å². The van der Waals surface area contributed by atoms with Crippen LogP contribution in [0.3, 0.4) is 0 Å². The molecular formula is C10H14F3N3O. The molecule has 0 aliphatic heterocycles. The molecule has 0 bridgehead atoms. The summed E-state index contributed by atoms with van der Waals surface area (Å²) in [5.41, 5.74) is 5.08. The lowest BCUT2D eigenvalue weighted by molar-refractivity contribution is -0.175. The first kappa shape index (κ1) is 13.7. The van der Waals surface area contributed by atoms with Gasteiger partial charge in [-0.25, -0.2) is 4.98 Å². The van der Waals surface area contributed by atoms with Gasteiger partial charge in [-0.2, -0.15) is 13.2 Å². The van der Waals surface area contributed by atoms with Gasteiger partial charge in [0.1, 0.15) is 5.82 Å². The third-order valence-electron chi connectivity index (χ3n) is 2.48. The predicted molar refractivity (Wildman–Crippen MR) is 56.6 cm³/mol. The molecule has 1 aromatic heterocycles.